The number of pyridine rings is 1. The van der Waals surface area contributed by atoms with Crippen molar-refractivity contribution in [2.24, 2.45) is 13.0 Å². The van der Waals surface area contributed by atoms with Crippen LogP contribution < -0.4 is 10.2 Å². The average Bonchev–Trinajstić information content (AvgIpc) is 2.96. The first-order chi connectivity index (χ1) is 13.0. The van der Waals surface area contributed by atoms with Gasteiger partial charge in [0.1, 0.15) is 23.0 Å². The van der Waals surface area contributed by atoms with Gasteiger partial charge in [-0.15, -0.1) is 0 Å². The summed E-state index contributed by atoms with van der Waals surface area (Å²) in [6, 6.07) is 3.85. The van der Waals surface area contributed by atoms with Gasteiger partial charge in [0.2, 0.25) is 5.95 Å². The Hall–Kier alpha value is -2.74. The second-order valence-electron chi connectivity index (χ2n) is 7.13. The quantitative estimate of drug-likeness (QED) is 0.759. The molecule has 2 unspecified atom stereocenters. The summed E-state index contributed by atoms with van der Waals surface area (Å²) < 4.78 is 7.59. The number of ether oxygens (including phenoxy) is 1. The van der Waals surface area contributed by atoms with E-state index in [0.717, 1.165) is 54.0 Å². The molecule has 0 aromatic carbocycles. The monoisotopic (exact) mass is 367 g/mol. The van der Waals surface area contributed by atoms with Gasteiger partial charge in [-0.05, 0) is 25.3 Å². The molecule has 0 bridgehead atoms. The fourth-order valence-electron chi connectivity index (χ4n) is 3.64. The molecule has 1 aliphatic rings. The first-order valence-corrected chi connectivity index (χ1v) is 9.22. The third kappa shape index (κ3) is 3.44. The highest BCUT2D eigenvalue weighted by Crippen LogP contribution is 2.24. The normalized spacial score (nSPS) is 20.2. The van der Waals surface area contributed by atoms with E-state index in [1.807, 2.05) is 26.1 Å². The summed E-state index contributed by atoms with van der Waals surface area (Å²) in [6.07, 6.45) is 4.85. The Morgan fingerprint density at radius 2 is 2.07 bits per heavy atom. The summed E-state index contributed by atoms with van der Waals surface area (Å²) in [6.45, 7) is 5.97. The molecule has 0 aliphatic carbocycles. The Labute approximate surface area is 158 Å². The van der Waals surface area contributed by atoms with E-state index in [1.54, 1.807) is 19.5 Å². The zero-order chi connectivity index (χ0) is 19.0. The molecule has 8 heteroatoms. The van der Waals surface area contributed by atoms with E-state index in [-0.39, 0.29) is 0 Å². The van der Waals surface area contributed by atoms with Gasteiger partial charge in [0, 0.05) is 39.5 Å². The lowest BCUT2D eigenvalue weighted by Gasteiger charge is -2.36. The molecule has 2 atom stereocenters. The predicted octanol–water partition coefficient (Wildman–Crippen LogP) is 2.67. The minimum absolute atomic E-state index is 0.306. The number of hydrogen-bond donors (Lipinski definition) is 1. The van der Waals surface area contributed by atoms with Crippen LogP contribution >= 0.6 is 0 Å². The Bertz CT molecular complexity index is 954. The molecular weight excluding hydrogens is 342 g/mol. The molecule has 27 heavy (non-hydrogen) atoms. The van der Waals surface area contributed by atoms with Crippen LogP contribution in [0.5, 0.6) is 0 Å². The van der Waals surface area contributed by atoms with Gasteiger partial charge in [-0.25, -0.2) is 15.0 Å². The van der Waals surface area contributed by atoms with E-state index >= 15 is 0 Å². The molecule has 1 saturated heterocycles. The topological polar surface area (TPSA) is 81.0 Å². The minimum Gasteiger partial charge on any atom is -0.381 e. The van der Waals surface area contributed by atoms with E-state index in [4.69, 9.17) is 4.74 Å². The minimum atomic E-state index is 0.306. The third-order valence-electron chi connectivity index (χ3n) is 5.30. The largest absolute Gasteiger partial charge is 0.381 e. The molecule has 4 heterocycles. The van der Waals surface area contributed by atoms with Gasteiger partial charge in [0.15, 0.2) is 0 Å². The highest BCUT2D eigenvalue weighted by Gasteiger charge is 2.27. The molecule has 1 aliphatic heterocycles. The van der Waals surface area contributed by atoms with Crippen molar-refractivity contribution in [3.63, 3.8) is 0 Å². The van der Waals surface area contributed by atoms with Gasteiger partial charge >= 0.3 is 0 Å². The Kier molecular flexibility index (Phi) is 4.65. The summed E-state index contributed by atoms with van der Waals surface area (Å²) in [7, 11) is 3.79. The van der Waals surface area contributed by atoms with Crippen LogP contribution in [0.25, 0.3) is 11.0 Å². The summed E-state index contributed by atoms with van der Waals surface area (Å²) >= 11 is 0. The number of nitrogens with zero attached hydrogens (tertiary/aromatic N) is 6. The molecule has 3 aromatic rings. The predicted molar refractivity (Wildman–Crippen MR) is 105 cm³/mol. The third-order valence-corrected chi connectivity index (χ3v) is 5.30. The van der Waals surface area contributed by atoms with Crippen molar-refractivity contribution >= 4 is 28.6 Å². The highest BCUT2D eigenvalue weighted by molar-refractivity contribution is 5.78. The zero-order valence-corrected chi connectivity index (χ0v) is 16.2. The lowest BCUT2D eigenvalue weighted by Crippen LogP contribution is -2.43. The van der Waals surface area contributed by atoms with Crippen molar-refractivity contribution in [2.75, 3.05) is 30.4 Å². The maximum Gasteiger partial charge on any atom is 0.227 e. The molecule has 1 fully saturated rings. The Morgan fingerprint density at radius 1 is 1.22 bits per heavy atom. The van der Waals surface area contributed by atoms with Crippen molar-refractivity contribution in [3.8, 4) is 0 Å². The van der Waals surface area contributed by atoms with Crippen LogP contribution in [0.3, 0.4) is 0 Å². The van der Waals surface area contributed by atoms with Gasteiger partial charge in [0.05, 0.1) is 17.8 Å². The standard InChI is InChI=1S/C19H25N7O/c1-12-11-26(8-6-16(12)27-4)19-20-7-5-17(24-19)23-18-9-15-14(10-21-18)22-13(2)25(15)3/h5,7,9-10,12,16H,6,8,11H2,1-4H3,(H,20,21,23,24). The molecule has 0 radical (unpaired) electrons. The maximum atomic E-state index is 5.54. The van der Waals surface area contributed by atoms with Gasteiger partial charge in [0.25, 0.3) is 0 Å². The number of aromatic nitrogens is 5. The van der Waals surface area contributed by atoms with Crippen LogP contribution in [-0.2, 0) is 11.8 Å². The van der Waals surface area contributed by atoms with Gasteiger partial charge in [-0.2, -0.15) is 4.98 Å². The molecule has 3 aromatic heterocycles. The first-order valence-electron chi connectivity index (χ1n) is 9.22. The van der Waals surface area contributed by atoms with Gasteiger partial charge in [-0.3, -0.25) is 0 Å². The molecular formula is C19H25N7O. The second kappa shape index (κ2) is 7.11. The van der Waals surface area contributed by atoms with Crippen molar-refractivity contribution in [2.45, 2.75) is 26.4 Å². The smallest absolute Gasteiger partial charge is 0.227 e. The molecule has 0 amide bonds. The SMILES string of the molecule is COC1CCN(c2nccc(Nc3cc4c(cn3)nc(C)n4C)n2)CC1C. The number of imidazole rings is 1. The lowest BCUT2D eigenvalue weighted by atomic mass is 9.97. The van der Waals surface area contributed by atoms with E-state index < -0.39 is 0 Å². The number of aryl methyl sites for hydroxylation is 2. The van der Waals surface area contributed by atoms with Crippen LogP contribution in [0.1, 0.15) is 19.2 Å². The first kappa shape index (κ1) is 17.7. The molecule has 142 valence electrons. The van der Waals surface area contributed by atoms with Crippen LogP contribution in [0.15, 0.2) is 24.5 Å². The van der Waals surface area contributed by atoms with Gasteiger partial charge < -0.3 is 19.5 Å². The number of hydrogen-bond acceptors (Lipinski definition) is 7. The van der Waals surface area contributed by atoms with Crippen molar-refractivity contribution in [1.29, 1.82) is 0 Å². The number of fused-ring (bicyclic) bond motifs is 1. The van der Waals surface area contributed by atoms with Crippen molar-refractivity contribution in [1.82, 2.24) is 24.5 Å². The van der Waals surface area contributed by atoms with Crippen LogP contribution in [-0.4, -0.2) is 50.8 Å². The summed E-state index contributed by atoms with van der Waals surface area (Å²) in [5.41, 5.74) is 1.92. The van der Waals surface area contributed by atoms with E-state index in [2.05, 4.69) is 41.6 Å². The Balaban J connectivity index is 1.54. The summed E-state index contributed by atoms with van der Waals surface area (Å²) in [5, 5.41) is 3.29. The second-order valence-corrected chi connectivity index (χ2v) is 7.13. The van der Waals surface area contributed by atoms with Crippen LogP contribution in [0, 0.1) is 12.8 Å². The molecule has 0 saturated carbocycles. The van der Waals surface area contributed by atoms with Gasteiger partial charge in [-0.1, -0.05) is 6.92 Å². The Morgan fingerprint density at radius 3 is 2.85 bits per heavy atom. The molecule has 0 spiro atoms. The van der Waals surface area contributed by atoms with Crippen molar-refractivity contribution < 1.29 is 4.74 Å². The number of methoxy groups -OCH3 is 1. The molecule has 4 rings (SSSR count). The summed E-state index contributed by atoms with van der Waals surface area (Å²) in [5.74, 6) is 3.61. The highest BCUT2D eigenvalue weighted by atomic mass is 16.5. The molecule has 1 N–H and O–H groups in total. The average molecular weight is 367 g/mol. The number of anilines is 3. The lowest BCUT2D eigenvalue weighted by molar-refractivity contribution is 0.0442. The van der Waals surface area contributed by atoms with Crippen LogP contribution in [0.4, 0.5) is 17.6 Å². The van der Waals surface area contributed by atoms with E-state index in [1.165, 1.54) is 0 Å². The van der Waals surface area contributed by atoms with E-state index in [0.29, 0.717) is 12.0 Å². The van der Waals surface area contributed by atoms with Crippen molar-refractivity contribution in [3.05, 3.63) is 30.4 Å². The molecule has 8 nitrogen and oxygen atoms in total. The number of piperidine rings is 1. The maximum absolute atomic E-state index is 5.54. The number of nitrogens with one attached hydrogen (secondary N) is 1. The summed E-state index contributed by atoms with van der Waals surface area (Å²) in [4.78, 5) is 20.3. The van der Waals surface area contributed by atoms with E-state index in [9.17, 15) is 0 Å². The fourth-order valence-corrected chi connectivity index (χ4v) is 3.64. The zero-order valence-electron chi connectivity index (χ0n) is 16.2. The number of rotatable bonds is 4. The fraction of sp³-hybridized carbons (Fsp3) is 0.474. The van der Waals surface area contributed by atoms with Crippen LogP contribution in [0.2, 0.25) is 0 Å².